The predicted octanol–water partition coefficient (Wildman–Crippen LogP) is 1.87. The molecule has 0 bridgehead atoms. The maximum Gasteiger partial charge on any atom is 0.270 e. The van der Waals surface area contributed by atoms with Gasteiger partial charge in [-0.15, -0.1) is 11.3 Å². The Morgan fingerprint density at radius 3 is 2.88 bits per heavy atom. The molecule has 0 saturated carbocycles. The fourth-order valence-electron chi connectivity index (χ4n) is 2.48. The average molecular weight is 352 g/mol. The molecular weight excluding hydrogens is 328 g/mol. The molecule has 0 spiro atoms. The highest BCUT2D eigenvalue weighted by molar-refractivity contribution is 7.14. The number of nitrogens with one attached hydrogen (secondary N) is 2. The van der Waals surface area contributed by atoms with Crippen molar-refractivity contribution < 1.29 is 14.4 Å². The Bertz CT molecular complexity index is 600. The molecule has 3 amide bonds. The third-order valence-corrected chi connectivity index (χ3v) is 4.40. The molecular formula is C16H24N4O3S. The summed E-state index contributed by atoms with van der Waals surface area (Å²) < 4.78 is 0. The Morgan fingerprint density at radius 2 is 2.21 bits per heavy atom. The molecule has 0 unspecified atom stereocenters. The standard InChI is InChI=1S/C16H24N4O3S/c1-11(2)9-13(21)19-16-18-12(10-24-16)15(23)17-6-4-8-20-7-3-5-14(20)22/h10-11H,3-9H2,1-2H3,(H,17,23)(H,18,19,21). The zero-order valence-corrected chi connectivity index (χ0v) is 14.9. The molecule has 1 aromatic heterocycles. The quantitative estimate of drug-likeness (QED) is 0.699. The first-order chi connectivity index (χ1) is 11.5. The number of aromatic nitrogens is 1. The molecule has 7 nitrogen and oxygen atoms in total. The minimum absolute atomic E-state index is 0.0958. The largest absolute Gasteiger partial charge is 0.351 e. The lowest BCUT2D eigenvalue weighted by Crippen LogP contribution is -2.30. The summed E-state index contributed by atoms with van der Waals surface area (Å²) in [6.07, 6.45) is 2.71. The second-order valence-corrected chi connectivity index (χ2v) is 7.14. The molecule has 2 N–H and O–H groups in total. The molecule has 1 aliphatic rings. The van der Waals surface area contributed by atoms with E-state index in [9.17, 15) is 14.4 Å². The first-order valence-corrected chi connectivity index (χ1v) is 9.15. The fraction of sp³-hybridized carbons (Fsp3) is 0.625. The number of amides is 3. The van der Waals surface area contributed by atoms with Crippen molar-refractivity contribution in [3.63, 3.8) is 0 Å². The lowest BCUT2D eigenvalue weighted by atomic mass is 10.1. The van der Waals surface area contributed by atoms with Gasteiger partial charge in [0, 0.05) is 37.9 Å². The Hall–Kier alpha value is -1.96. The van der Waals surface area contributed by atoms with Crippen LogP contribution < -0.4 is 10.6 Å². The SMILES string of the molecule is CC(C)CC(=O)Nc1nc(C(=O)NCCCN2CCCC2=O)cs1. The molecule has 1 saturated heterocycles. The molecule has 1 fully saturated rings. The van der Waals surface area contributed by atoms with Gasteiger partial charge in [0.2, 0.25) is 11.8 Å². The Kier molecular flexibility index (Phi) is 6.72. The molecule has 2 heterocycles. The Labute approximate surface area is 145 Å². The molecule has 1 aliphatic heterocycles. The van der Waals surface area contributed by atoms with E-state index in [1.54, 1.807) is 5.38 Å². The zero-order chi connectivity index (χ0) is 17.5. The average Bonchev–Trinajstić information content (AvgIpc) is 3.12. The summed E-state index contributed by atoms with van der Waals surface area (Å²) in [4.78, 5) is 41.2. The van der Waals surface area contributed by atoms with Crippen molar-refractivity contribution in [2.75, 3.05) is 25.0 Å². The molecule has 132 valence electrons. The van der Waals surface area contributed by atoms with E-state index in [2.05, 4.69) is 15.6 Å². The Morgan fingerprint density at radius 1 is 1.42 bits per heavy atom. The van der Waals surface area contributed by atoms with Crippen molar-refractivity contribution in [1.82, 2.24) is 15.2 Å². The topological polar surface area (TPSA) is 91.4 Å². The molecule has 0 aliphatic carbocycles. The summed E-state index contributed by atoms with van der Waals surface area (Å²) in [6.45, 7) is 5.92. The van der Waals surface area contributed by atoms with Crippen molar-refractivity contribution in [2.45, 2.75) is 39.5 Å². The summed E-state index contributed by atoms with van der Waals surface area (Å²) in [7, 11) is 0. The van der Waals surface area contributed by atoms with Crippen molar-refractivity contribution in [2.24, 2.45) is 5.92 Å². The number of thiazole rings is 1. The molecule has 0 atom stereocenters. The number of carbonyl (C=O) groups is 3. The van der Waals surface area contributed by atoms with Crippen LogP contribution in [0.2, 0.25) is 0 Å². The lowest BCUT2D eigenvalue weighted by molar-refractivity contribution is -0.127. The highest BCUT2D eigenvalue weighted by Gasteiger charge is 2.19. The van der Waals surface area contributed by atoms with Crippen LogP contribution in [-0.2, 0) is 9.59 Å². The second-order valence-electron chi connectivity index (χ2n) is 6.28. The Balaban J connectivity index is 1.70. The number of hydrogen-bond acceptors (Lipinski definition) is 5. The monoisotopic (exact) mass is 352 g/mol. The smallest absolute Gasteiger partial charge is 0.270 e. The van der Waals surface area contributed by atoms with E-state index in [-0.39, 0.29) is 23.6 Å². The van der Waals surface area contributed by atoms with Gasteiger partial charge in [-0.1, -0.05) is 13.8 Å². The van der Waals surface area contributed by atoms with Crippen LogP contribution in [0.25, 0.3) is 0 Å². The minimum Gasteiger partial charge on any atom is -0.351 e. The second kappa shape index (κ2) is 8.77. The van der Waals surface area contributed by atoms with Crippen molar-refractivity contribution in [1.29, 1.82) is 0 Å². The van der Waals surface area contributed by atoms with E-state index in [0.29, 0.717) is 36.8 Å². The zero-order valence-electron chi connectivity index (χ0n) is 14.1. The van der Waals surface area contributed by atoms with E-state index in [1.165, 1.54) is 11.3 Å². The molecule has 2 rings (SSSR count). The number of nitrogens with zero attached hydrogens (tertiary/aromatic N) is 2. The van der Waals surface area contributed by atoms with Crippen molar-refractivity contribution in [3.05, 3.63) is 11.1 Å². The summed E-state index contributed by atoms with van der Waals surface area (Å²) >= 11 is 1.24. The normalized spacial score (nSPS) is 14.3. The van der Waals surface area contributed by atoms with Gasteiger partial charge < -0.3 is 15.5 Å². The van der Waals surface area contributed by atoms with E-state index in [1.807, 2.05) is 18.7 Å². The summed E-state index contributed by atoms with van der Waals surface area (Å²) in [5, 5.41) is 7.56. The van der Waals surface area contributed by atoms with E-state index >= 15 is 0 Å². The maximum atomic E-state index is 12.0. The molecule has 1 aromatic rings. The first-order valence-electron chi connectivity index (χ1n) is 8.27. The highest BCUT2D eigenvalue weighted by atomic mass is 32.1. The summed E-state index contributed by atoms with van der Waals surface area (Å²) in [6, 6.07) is 0. The number of hydrogen-bond donors (Lipinski definition) is 2. The van der Waals surface area contributed by atoms with Crippen LogP contribution in [0.1, 0.15) is 50.0 Å². The van der Waals surface area contributed by atoms with Crippen LogP contribution in [0.5, 0.6) is 0 Å². The molecule has 0 aromatic carbocycles. The van der Waals surface area contributed by atoms with E-state index in [0.717, 1.165) is 19.4 Å². The van der Waals surface area contributed by atoms with Gasteiger partial charge in [-0.3, -0.25) is 14.4 Å². The van der Waals surface area contributed by atoms with Gasteiger partial charge in [0.1, 0.15) is 5.69 Å². The van der Waals surface area contributed by atoms with Crippen molar-refractivity contribution >= 4 is 34.2 Å². The summed E-state index contributed by atoms with van der Waals surface area (Å²) in [5.41, 5.74) is 0.303. The van der Waals surface area contributed by atoms with Crippen molar-refractivity contribution in [3.8, 4) is 0 Å². The van der Waals surface area contributed by atoms with Gasteiger partial charge in [-0.25, -0.2) is 4.98 Å². The third kappa shape index (κ3) is 5.59. The summed E-state index contributed by atoms with van der Waals surface area (Å²) in [5.74, 6) is 0.114. The van der Waals surface area contributed by atoms with E-state index < -0.39 is 0 Å². The van der Waals surface area contributed by atoms with Gasteiger partial charge >= 0.3 is 0 Å². The van der Waals surface area contributed by atoms with Gasteiger partial charge in [0.15, 0.2) is 5.13 Å². The van der Waals surface area contributed by atoms with Crippen LogP contribution in [0.15, 0.2) is 5.38 Å². The van der Waals surface area contributed by atoms with Crippen LogP contribution in [0.3, 0.4) is 0 Å². The van der Waals surface area contributed by atoms with Crippen LogP contribution in [0.4, 0.5) is 5.13 Å². The first kappa shape index (κ1) is 18.4. The molecule has 0 radical (unpaired) electrons. The maximum absolute atomic E-state index is 12.0. The number of carbonyl (C=O) groups excluding carboxylic acids is 3. The van der Waals surface area contributed by atoms with Crippen LogP contribution >= 0.6 is 11.3 Å². The number of anilines is 1. The number of likely N-dealkylation sites (tertiary alicyclic amines) is 1. The van der Waals surface area contributed by atoms with Crippen LogP contribution in [-0.4, -0.2) is 47.2 Å². The molecule has 24 heavy (non-hydrogen) atoms. The van der Waals surface area contributed by atoms with Crippen LogP contribution in [0, 0.1) is 5.92 Å². The van der Waals surface area contributed by atoms with Gasteiger partial charge in [-0.2, -0.15) is 0 Å². The minimum atomic E-state index is -0.261. The number of rotatable bonds is 8. The highest BCUT2D eigenvalue weighted by Crippen LogP contribution is 2.16. The third-order valence-electron chi connectivity index (χ3n) is 3.64. The van der Waals surface area contributed by atoms with E-state index in [4.69, 9.17) is 0 Å². The fourth-order valence-corrected chi connectivity index (χ4v) is 3.19. The molecule has 8 heteroatoms. The predicted molar refractivity (Wildman–Crippen MR) is 93.0 cm³/mol. The van der Waals surface area contributed by atoms with Gasteiger partial charge in [0.05, 0.1) is 0 Å². The lowest BCUT2D eigenvalue weighted by Gasteiger charge is -2.14. The van der Waals surface area contributed by atoms with Gasteiger partial charge in [0.25, 0.3) is 5.91 Å². The van der Waals surface area contributed by atoms with Gasteiger partial charge in [-0.05, 0) is 18.8 Å².